The summed E-state index contributed by atoms with van der Waals surface area (Å²) in [6.07, 6.45) is 0.345. The number of nitrogens with two attached hydrogens (primary N) is 1. The van der Waals surface area contributed by atoms with Gasteiger partial charge in [-0.15, -0.1) is 11.3 Å². The summed E-state index contributed by atoms with van der Waals surface area (Å²) in [5.41, 5.74) is 8.36. The van der Waals surface area contributed by atoms with Gasteiger partial charge in [0.05, 0.1) is 12.1 Å². The van der Waals surface area contributed by atoms with Crippen LogP contribution in [-0.2, 0) is 17.8 Å². The van der Waals surface area contributed by atoms with E-state index in [0.29, 0.717) is 13.0 Å². The molecule has 100 valence electrons. The van der Waals surface area contributed by atoms with E-state index in [1.165, 1.54) is 11.3 Å². The third-order valence-corrected chi connectivity index (χ3v) is 4.03. The predicted octanol–water partition coefficient (Wildman–Crippen LogP) is 2.40. The lowest BCUT2D eigenvalue weighted by atomic mass is 10.2. The number of aromatic nitrogens is 1. The second kappa shape index (κ2) is 5.95. The van der Waals surface area contributed by atoms with Crippen LogP contribution in [0.15, 0.2) is 24.3 Å². The van der Waals surface area contributed by atoms with Crippen molar-refractivity contribution in [1.29, 1.82) is 0 Å². The summed E-state index contributed by atoms with van der Waals surface area (Å²) in [5, 5.41) is 3.79. The van der Waals surface area contributed by atoms with Crippen molar-refractivity contribution in [1.82, 2.24) is 4.98 Å². The monoisotopic (exact) mass is 275 g/mol. The molecule has 0 atom stereocenters. The van der Waals surface area contributed by atoms with Gasteiger partial charge in [-0.05, 0) is 25.5 Å². The summed E-state index contributed by atoms with van der Waals surface area (Å²) in [6.45, 7) is 4.30. The maximum atomic E-state index is 12.0. The van der Waals surface area contributed by atoms with Gasteiger partial charge in [0.2, 0.25) is 5.91 Å². The van der Waals surface area contributed by atoms with Crippen LogP contribution >= 0.6 is 11.3 Å². The molecule has 2 aromatic rings. The highest BCUT2D eigenvalue weighted by molar-refractivity contribution is 7.11. The highest BCUT2D eigenvalue weighted by Gasteiger charge is 2.11. The minimum Gasteiger partial charge on any atom is -0.326 e. The summed E-state index contributed by atoms with van der Waals surface area (Å²) in [7, 11) is 0. The van der Waals surface area contributed by atoms with Crippen molar-refractivity contribution in [3.05, 3.63) is 45.4 Å². The van der Waals surface area contributed by atoms with Crippen molar-refractivity contribution in [2.24, 2.45) is 5.73 Å². The number of nitrogens with zero attached hydrogens (tertiary/aromatic N) is 1. The number of aryl methyl sites for hydroxylation is 2. The molecule has 1 amide bonds. The first-order valence-corrected chi connectivity index (χ1v) is 6.92. The number of benzene rings is 1. The number of nitrogens with one attached hydrogen (secondary N) is 1. The van der Waals surface area contributed by atoms with Gasteiger partial charge >= 0.3 is 0 Å². The highest BCUT2D eigenvalue weighted by Crippen LogP contribution is 2.19. The fourth-order valence-electron chi connectivity index (χ4n) is 1.79. The second-order valence-electron chi connectivity index (χ2n) is 4.36. The minimum atomic E-state index is -0.0235. The Hall–Kier alpha value is -1.72. The van der Waals surface area contributed by atoms with Crippen molar-refractivity contribution in [3.8, 4) is 0 Å². The van der Waals surface area contributed by atoms with Gasteiger partial charge in [-0.1, -0.05) is 18.2 Å². The molecule has 1 aromatic heterocycles. The molecule has 0 aliphatic carbocycles. The molecule has 19 heavy (non-hydrogen) atoms. The molecule has 4 nitrogen and oxygen atoms in total. The molecule has 0 radical (unpaired) electrons. The van der Waals surface area contributed by atoms with Crippen molar-refractivity contribution >= 4 is 22.9 Å². The van der Waals surface area contributed by atoms with Crippen LogP contribution in [0.1, 0.15) is 21.1 Å². The number of amides is 1. The van der Waals surface area contributed by atoms with Crippen molar-refractivity contribution in [2.45, 2.75) is 26.8 Å². The quantitative estimate of drug-likeness (QED) is 0.900. The van der Waals surface area contributed by atoms with Gasteiger partial charge in [0.25, 0.3) is 0 Å². The number of carbonyl (C=O) groups excluding carboxylic acids is 1. The summed E-state index contributed by atoms with van der Waals surface area (Å²) in [6, 6.07) is 7.73. The Balaban J connectivity index is 2.05. The van der Waals surface area contributed by atoms with Gasteiger partial charge < -0.3 is 11.1 Å². The van der Waals surface area contributed by atoms with E-state index in [0.717, 1.165) is 26.8 Å². The van der Waals surface area contributed by atoms with E-state index in [1.807, 2.05) is 38.1 Å². The van der Waals surface area contributed by atoms with E-state index in [9.17, 15) is 4.79 Å². The Bertz CT molecular complexity index is 592. The van der Waals surface area contributed by atoms with Gasteiger partial charge in [0.1, 0.15) is 5.01 Å². The number of anilines is 1. The Morgan fingerprint density at radius 1 is 1.37 bits per heavy atom. The Morgan fingerprint density at radius 2 is 2.11 bits per heavy atom. The Morgan fingerprint density at radius 3 is 2.74 bits per heavy atom. The van der Waals surface area contributed by atoms with Crippen molar-refractivity contribution in [2.75, 3.05) is 5.32 Å². The predicted molar refractivity (Wildman–Crippen MR) is 78.3 cm³/mol. The molecule has 0 saturated carbocycles. The Labute approximate surface area is 116 Å². The average molecular weight is 275 g/mol. The fourth-order valence-corrected chi connectivity index (χ4v) is 2.74. The van der Waals surface area contributed by atoms with E-state index in [2.05, 4.69) is 10.3 Å². The van der Waals surface area contributed by atoms with Gasteiger partial charge in [0.15, 0.2) is 0 Å². The first-order valence-electron chi connectivity index (χ1n) is 6.11. The van der Waals surface area contributed by atoms with Crippen LogP contribution in [0.5, 0.6) is 0 Å². The molecule has 3 N–H and O–H groups in total. The van der Waals surface area contributed by atoms with E-state index in [-0.39, 0.29) is 5.91 Å². The summed E-state index contributed by atoms with van der Waals surface area (Å²) >= 11 is 1.51. The molecule has 0 saturated heterocycles. The zero-order valence-electron chi connectivity index (χ0n) is 11.1. The number of hydrogen-bond donors (Lipinski definition) is 2. The largest absolute Gasteiger partial charge is 0.326 e. The van der Waals surface area contributed by atoms with E-state index < -0.39 is 0 Å². The topological polar surface area (TPSA) is 68.0 Å². The molecule has 2 rings (SSSR count). The third-order valence-electron chi connectivity index (χ3n) is 2.85. The molecular formula is C14H17N3OS. The second-order valence-corrected chi connectivity index (χ2v) is 5.53. The smallest absolute Gasteiger partial charge is 0.229 e. The van der Waals surface area contributed by atoms with E-state index in [1.54, 1.807) is 0 Å². The number of carbonyl (C=O) groups is 1. The lowest BCUT2D eigenvalue weighted by Crippen LogP contribution is -2.14. The molecule has 0 bridgehead atoms. The lowest BCUT2D eigenvalue weighted by molar-refractivity contribution is -0.115. The first kappa shape index (κ1) is 13.7. The number of para-hydroxylation sites is 1. The average Bonchev–Trinajstić information content (AvgIpc) is 2.73. The zero-order valence-corrected chi connectivity index (χ0v) is 11.9. The summed E-state index contributed by atoms with van der Waals surface area (Å²) in [4.78, 5) is 17.3. The Kier molecular flexibility index (Phi) is 4.29. The molecule has 0 spiro atoms. The van der Waals surface area contributed by atoms with Crippen LogP contribution in [0.25, 0.3) is 0 Å². The zero-order chi connectivity index (χ0) is 13.8. The minimum absolute atomic E-state index is 0.0235. The van der Waals surface area contributed by atoms with Crippen LogP contribution in [0.3, 0.4) is 0 Å². The SMILES string of the molecule is Cc1ccccc1NC(=O)Cc1sc(CN)nc1C. The maximum absolute atomic E-state index is 12.0. The van der Waals surface area contributed by atoms with Crippen molar-refractivity contribution in [3.63, 3.8) is 0 Å². The lowest BCUT2D eigenvalue weighted by Gasteiger charge is -2.07. The van der Waals surface area contributed by atoms with E-state index in [4.69, 9.17) is 5.73 Å². The van der Waals surface area contributed by atoms with Crippen LogP contribution < -0.4 is 11.1 Å². The van der Waals surface area contributed by atoms with Gasteiger partial charge in [0, 0.05) is 17.1 Å². The van der Waals surface area contributed by atoms with Crippen LogP contribution in [0.4, 0.5) is 5.69 Å². The van der Waals surface area contributed by atoms with Gasteiger partial charge in [-0.25, -0.2) is 4.98 Å². The molecule has 1 aromatic carbocycles. The van der Waals surface area contributed by atoms with Crippen LogP contribution in [0, 0.1) is 13.8 Å². The molecule has 5 heteroatoms. The van der Waals surface area contributed by atoms with Crippen molar-refractivity contribution < 1.29 is 4.79 Å². The molecule has 0 unspecified atom stereocenters. The number of thiazole rings is 1. The molecule has 1 heterocycles. The third kappa shape index (κ3) is 3.39. The van der Waals surface area contributed by atoms with Crippen LogP contribution in [0.2, 0.25) is 0 Å². The summed E-state index contributed by atoms with van der Waals surface area (Å²) < 4.78 is 0. The maximum Gasteiger partial charge on any atom is 0.229 e. The molecular weight excluding hydrogens is 258 g/mol. The van der Waals surface area contributed by atoms with Crippen LogP contribution in [-0.4, -0.2) is 10.9 Å². The van der Waals surface area contributed by atoms with Gasteiger partial charge in [-0.2, -0.15) is 0 Å². The fraction of sp³-hybridized carbons (Fsp3) is 0.286. The molecule has 0 fully saturated rings. The number of hydrogen-bond acceptors (Lipinski definition) is 4. The standard InChI is InChI=1S/C14H17N3OS/c1-9-5-3-4-6-11(9)17-13(18)7-12-10(2)16-14(8-15)19-12/h3-6H,7-8,15H2,1-2H3,(H,17,18). The number of rotatable bonds is 4. The van der Waals surface area contributed by atoms with Gasteiger partial charge in [-0.3, -0.25) is 4.79 Å². The van der Waals surface area contributed by atoms with E-state index >= 15 is 0 Å². The highest BCUT2D eigenvalue weighted by atomic mass is 32.1. The molecule has 0 aliphatic heterocycles. The summed E-state index contributed by atoms with van der Waals surface area (Å²) in [5.74, 6) is -0.0235. The normalized spacial score (nSPS) is 10.5. The first-order chi connectivity index (χ1) is 9.10. The molecule has 0 aliphatic rings.